The minimum absolute atomic E-state index is 0.217. The van der Waals surface area contributed by atoms with E-state index in [2.05, 4.69) is 20.6 Å². The van der Waals surface area contributed by atoms with Crippen LogP contribution in [0.15, 0.2) is 18.3 Å². The number of rotatable bonds is 4. The van der Waals surface area contributed by atoms with Gasteiger partial charge in [-0.2, -0.15) is 0 Å². The summed E-state index contributed by atoms with van der Waals surface area (Å²) in [6.45, 7) is 13.7. The van der Waals surface area contributed by atoms with Gasteiger partial charge in [-0.15, -0.1) is 5.10 Å². The van der Waals surface area contributed by atoms with E-state index in [9.17, 15) is 4.79 Å². The molecule has 0 aromatic carbocycles. The first kappa shape index (κ1) is 22.2. The summed E-state index contributed by atoms with van der Waals surface area (Å²) in [6.07, 6.45) is 1.22. The van der Waals surface area contributed by atoms with Crippen LogP contribution in [0, 0.1) is 0 Å². The van der Waals surface area contributed by atoms with Crippen molar-refractivity contribution < 1.29 is 18.8 Å². The predicted octanol–water partition coefficient (Wildman–Crippen LogP) is 2.20. The van der Waals surface area contributed by atoms with Gasteiger partial charge in [0.2, 0.25) is 0 Å². The molecule has 1 amide bonds. The van der Waals surface area contributed by atoms with Crippen LogP contribution in [0.5, 0.6) is 0 Å². The lowest BCUT2D eigenvalue weighted by Crippen LogP contribution is -2.41. The second kappa shape index (κ2) is 7.66. The molecular weight excluding hydrogens is 385 g/mol. The Hall–Kier alpha value is -2.46. The average molecular weight is 415 g/mol. The van der Waals surface area contributed by atoms with Crippen LogP contribution in [0.25, 0.3) is 11.4 Å². The highest BCUT2D eigenvalue weighted by Gasteiger charge is 2.51. The maximum Gasteiger partial charge on any atom is 0.496 e. The van der Waals surface area contributed by atoms with E-state index in [1.165, 1.54) is 0 Å². The molecule has 3 rings (SSSR count). The normalized spacial score (nSPS) is 17.8. The molecule has 2 aromatic heterocycles. The number of ether oxygens (including phenoxy) is 1. The zero-order valence-electron chi connectivity index (χ0n) is 18.9. The monoisotopic (exact) mass is 415 g/mol. The Labute approximate surface area is 177 Å². The van der Waals surface area contributed by atoms with Gasteiger partial charge in [0, 0.05) is 18.7 Å². The second-order valence-electron chi connectivity index (χ2n) is 9.43. The average Bonchev–Trinajstić information content (AvgIpc) is 3.08. The van der Waals surface area contributed by atoms with Crippen molar-refractivity contribution in [3.8, 4) is 11.4 Å². The van der Waals surface area contributed by atoms with Gasteiger partial charge in [-0.1, -0.05) is 11.3 Å². The summed E-state index contributed by atoms with van der Waals surface area (Å²) in [5.74, 6) is 0. The van der Waals surface area contributed by atoms with E-state index in [-0.39, 0.29) is 6.54 Å². The fraction of sp³-hybridized carbons (Fsp3) is 0.600. The molecule has 0 saturated carbocycles. The van der Waals surface area contributed by atoms with Crippen LogP contribution in [0.4, 0.5) is 4.79 Å². The largest absolute Gasteiger partial charge is 0.496 e. The van der Waals surface area contributed by atoms with Crippen molar-refractivity contribution in [2.45, 2.75) is 71.8 Å². The summed E-state index contributed by atoms with van der Waals surface area (Å²) in [4.78, 5) is 16.5. The van der Waals surface area contributed by atoms with Crippen molar-refractivity contribution in [1.29, 1.82) is 0 Å². The fourth-order valence-electron chi connectivity index (χ4n) is 2.91. The van der Waals surface area contributed by atoms with Crippen molar-refractivity contribution in [2.24, 2.45) is 7.05 Å². The topological polar surface area (TPSA) is 100 Å². The van der Waals surface area contributed by atoms with Gasteiger partial charge in [0.1, 0.15) is 11.3 Å². The third kappa shape index (κ3) is 4.65. The zero-order chi connectivity index (χ0) is 22.3. The fourth-order valence-corrected chi connectivity index (χ4v) is 2.91. The minimum Gasteiger partial charge on any atom is -0.444 e. The molecule has 0 unspecified atom stereocenters. The Morgan fingerprint density at radius 1 is 1.20 bits per heavy atom. The Bertz CT molecular complexity index is 902. The molecule has 3 heterocycles. The van der Waals surface area contributed by atoms with Gasteiger partial charge in [0.15, 0.2) is 0 Å². The van der Waals surface area contributed by atoms with E-state index >= 15 is 0 Å². The van der Waals surface area contributed by atoms with Gasteiger partial charge < -0.3 is 19.4 Å². The highest BCUT2D eigenvalue weighted by Crippen LogP contribution is 2.36. The molecule has 0 atom stereocenters. The molecule has 0 bridgehead atoms. The number of alkyl carbamates (subject to hydrolysis) is 1. The number of carbonyl (C=O) groups is 1. The molecule has 1 aliphatic heterocycles. The molecule has 162 valence electrons. The van der Waals surface area contributed by atoms with E-state index in [1.807, 2.05) is 60.6 Å². The van der Waals surface area contributed by atoms with Crippen LogP contribution in [0.1, 0.15) is 54.2 Å². The number of pyridine rings is 1. The standard InChI is InChI=1S/C20H30BN5O4/c1-18(2,3)28-17(27)23-12-15-16(24-25-26(15)8)14-10-9-13(11-22-14)21-29-19(4,5)20(6,7)30-21/h9-11H,12H2,1-8H3,(H,23,27). The summed E-state index contributed by atoms with van der Waals surface area (Å²) >= 11 is 0. The summed E-state index contributed by atoms with van der Waals surface area (Å²) < 4.78 is 19.0. The van der Waals surface area contributed by atoms with Crippen LogP contribution in [0.2, 0.25) is 0 Å². The molecule has 10 heteroatoms. The van der Waals surface area contributed by atoms with Crippen molar-refractivity contribution in [2.75, 3.05) is 0 Å². The smallest absolute Gasteiger partial charge is 0.444 e. The van der Waals surface area contributed by atoms with Gasteiger partial charge in [-0.05, 0) is 54.5 Å². The second-order valence-corrected chi connectivity index (χ2v) is 9.43. The van der Waals surface area contributed by atoms with Gasteiger partial charge in [-0.25, -0.2) is 9.48 Å². The number of aryl methyl sites for hydroxylation is 1. The molecular formula is C20H30BN5O4. The van der Waals surface area contributed by atoms with E-state index < -0.39 is 30.0 Å². The first-order valence-electron chi connectivity index (χ1n) is 9.96. The zero-order valence-corrected chi connectivity index (χ0v) is 18.9. The Balaban J connectivity index is 1.74. The first-order chi connectivity index (χ1) is 13.8. The van der Waals surface area contributed by atoms with E-state index in [0.717, 1.165) is 11.2 Å². The van der Waals surface area contributed by atoms with Crippen molar-refractivity contribution in [3.63, 3.8) is 0 Å². The molecule has 1 aliphatic rings. The Morgan fingerprint density at radius 2 is 1.83 bits per heavy atom. The summed E-state index contributed by atoms with van der Waals surface area (Å²) in [5, 5.41) is 11.0. The summed E-state index contributed by atoms with van der Waals surface area (Å²) in [7, 11) is 1.29. The molecule has 1 saturated heterocycles. The molecule has 0 spiro atoms. The van der Waals surface area contributed by atoms with E-state index in [1.54, 1.807) is 17.9 Å². The molecule has 2 aromatic rings. The van der Waals surface area contributed by atoms with Crippen LogP contribution in [0.3, 0.4) is 0 Å². The highest BCUT2D eigenvalue weighted by atomic mass is 16.7. The quantitative estimate of drug-likeness (QED) is 0.764. The van der Waals surface area contributed by atoms with Crippen LogP contribution < -0.4 is 10.8 Å². The minimum atomic E-state index is -0.567. The predicted molar refractivity (Wildman–Crippen MR) is 113 cm³/mol. The van der Waals surface area contributed by atoms with Gasteiger partial charge in [0.25, 0.3) is 0 Å². The Morgan fingerprint density at radius 3 is 2.37 bits per heavy atom. The van der Waals surface area contributed by atoms with Crippen molar-refractivity contribution >= 4 is 18.7 Å². The molecule has 9 nitrogen and oxygen atoms in total. The number of hydrogen-bond acceptors (Lipinski definition) is 7. The van der Waals surface area contributed by atoms with Gasteiger partial charge >= 0.3 is 13.2 Å². The van der Waals surface area contributed by atoms with Gasteiger partial charge in [-0.3, -0.25) is 4.98 Å². The maximum atomic E-state index is 12.0. The SMILES string of the molecule is Cn1nnc(-c2ccc(B3OC(C)(C)C(C)(C)O3)cn2)c1CNC(=O)OC(C)(C)C. The lowest BCUT2D eigenvalue weighted by Gasteiger charge is -2.32. The van der Waals surface area contributed by atoms with E-state index in [0.29, 0.717) is 11.4 Å². The van der Waals surface area contributed by atoms with Crippen LogP contribution in [-0.4, -0.2) is 50.0 Å². The Kier molecular flexibility index (Phi) is 5.68. The lowest BCUT2D eigenvalue weighted by atomic mass is 9.80. The maximum absolute atomic E-state index is 12.0. The molecule has 1 N–H and O–H groups in total. The number of nitrogens with one attached hydrogen (secondary N) is 1. The lowest BCUT2D eigenvalue weighted by molar-refractivity contribution is 0.00578. The number of aromatic nitrogens is 4. The summed E-state index contributed by atoms with van der Waals surface area (Å²) in [5.41, 5.74) is 1.39. The molecule has 0 aliphatic carbocycles. The number of hydrogen-bond donors (Lipinski definition) is 1. The molecule has 30 heavy (non-hydrogen) atoms. The molecule has 0 radical (unpaired) electrons. The third-order valence-electron chi connectivity index (χ3n) is 5.30. The number of amides is 1. The third-order valence-corrected chi connectivity index (χ3v) is 5.30. The number of carbonyl (C=O) groups excluding carboxylic acids is 1. The van der Waals surface area contributed by atoms with E-state index in [4.69, 9.17) is 14.0 Å². The van der Waals surface area contributed by atoms with Crippen LogP contribution in [-0.2, 0) is 27.6 Å². The van der Waals surface area contributed by atoms with Crippen molar-refractivity contribution in [1.82, 2.24) is 25.3 Å². The highest BCUT2D eigenvalue weighted by molar-refractivity contribution is 6.62. The molecule has 1 fully saturated rings. The van der Waals surface area contributed by atoms with Gasteiger partial charge in [0.05, 0.1) is 29.1 Å². The van der Waals surface area contributed by atoms with Crippen LogP contribution >= 0.6 is 0 Å². The first-order valence-corrected chi connectivity index (χ1v) is 9.96. The van der Waals surface area contributed by atoms with Crippen molar-refractivity contribution in [3.05, 3.63) is 24.0 Å². The summed E-state index contributed by atoms with van der Waals surface area (Å²) in [6, 6.07) is 3.76. The number of nitrogens with zero attached hydrogens (tertiary/aromatic N) is 4.